The maximum Gasteiger partial charge on any atom is 0.119 e. The van der Waals surface area contributed by atoms with Gasteiger partial charge in [0.05, 0.1) is 7.11 Å². The summed E-state index contributed by atoms with van der Waals surface area (Å²) in [5, 5.41) is 2.14. The zero-order valence-corrected chi connectivity index (χ0v) is 21.0. The van der Waals surface area contributed by atoms with Gasteiger partial charge in [-0.3, -0.25) is 4.90 Å². The van der Waals surface area contributed by atoms with Crippen molar-refractivity contribution in [2.24, 2.45) is 0 Å². The van der Waals surface area contributed by atoms with Gasteiger partial charge >= 0.3 is 0 Å². The lowest BCUT2D eigenvalue weighted by atomic mass is 9.85. The van der Waals surface area contributed by atoms with Crippen molar-refractivity contribution >= 4 is 16.9 Å². The number of ether oxygens (including phenoxy) is 1. The minimum atomic E-state index is 0.620. The van der Waals surface area contributed by atoms with E-state index in [9.17, 15) is 0 Å². The number of rotatable bonds is 6. The largest absolute Gasteiger partial charge is 0.497 e. The fraction of sp³-hybridized carbons (Fsp3) is 0.250. The van der Waals surface area contributed by atoms with E-state index in [-0.39, 0.29) is 0 Å². The highest BCUT2D eigenvalue weighted by atomic mass is 32.1. The van der Waals surface area contributed by atoms with Gasteiger partial charge in [0.25, 0.3) is 0 Å². The second kappa shape index (κ2) is 9.85. The molecule has 2 saturated heterocycles. The van der Waals surface area contributed by atoms with Gasteiger partial charge in [-0.2, -0.15) is 0 Å². The maximum atomic E-state index is 5.60. The first-order chi connectivity index (χ1) is 17.3. The summed E-state index contributed by atoms with van der Waals surface area (Å²) in [4.78, 5) is 4.08. The van der Waals surface area contributed by atoms with Crippen LogP contribution in [0.25, 0.3) is 16.0 Å². The zero-order valence-electron chi connectivity index (χ0n) is 20.2. The van der Waals surface area contributed by atoms with Gasteiger partial charge < -0.3 is 4.74 Å². The van der Waals surface area contributed by atoms with Crippen LogP contribution in [0.2, 0.25) is 0 Å². The molecule has 3 heteroatoms. The molecule has 2 unspecified atom stereocenters. The summed E-state index contributed by atoms with van der Waals surface area (Å²) in [6.45, 7) is 1.06. The molecule has 3 heterocycles. The van der Waals surface area contributed by atoms with E-state index in [1.165, 1.54) is 45.5 Å². The van der Waals surface area contributed by atoms with E-state index in [1.54, 1.807) is 24.0 Å². The van der Waals surface area contributed by atoms with Crippen molar-refractivity contribution in [1.82, 2.24) is 4.90 Å². The maximum absolute atomic E-state index is 5.60. The number of nitrogens with zero attached hydrogens (tertiary/aromatic N) is 1. The molecular formula is C32H31NOS. The Morgan fingerprint density at radius 1 is 0.829 bits per heavy atom. The summed E-state index contributed by atoms with van der Waals surface area (Å²) < 4.78 is 5.60. The first-order valence-electron chi connectivity index (χ1n) is 12.6. The van der Waals surface area contributed by atoms with Crippen molar-refractivity contribution in [3.8, 4) is 16.2 Å². The lowest BCUT2D eigenvalue weighted by Gasteiger charge is -2.37. The van der Waals surface area contributed by atoms with E-state index in [4.69, 9.17) is 4.74 Å². The van der Waals surface area contributed by atoms with E-state index in [0.29, 0.717) is 12.1 Å². The number of methoxy groups -OCH3 is 1. The van der Waals surface area contributed by atoms with Crippen LogP contribution in [-0.4, -0.2) is 24.1 Å². The molecule has 1 aromatic heterocycles. The van der Waals surface area contributed by atoms with Crippen LogP contribution in [0.15, 0.2) is 102 Å². The van der Waals surface area contributed by atoms with Crippen LogP contribution in [0.4, 0.5) is 0 Å². The molecule has 2 atom stereocenters. The number of piperidine rings is 1. The molecule has 2 aliphatic heterocycles. The fourth-order valence-electron chi connectivity index (χ4n) is 5.96. The Balaban J connectivity index is 1.37. The van der Waals surface area contributed by atoms with Crippen LogP contribution >= 0.6 is 11.3 Å². The monoisotopic (exact) mass is 477 g/mol. The van der Waals surface area contributed by atoms with Crippen molar-refractivity contribution in [3.05, 3.63) is 119 Å². The Kier molecular flexibility index (Phi) is 6.28. The van der Waals surface area contributed by atoms with Crippen LogP contribution in [0.3, 0.4) is 0 Å². The van der Waals surface area contributed by atoms with Gasteiger partial charge in [-0.05, 0) is 77.1 Å². The molecular weight excluding hydrogens is 446 g/mol. The van der Waals surface area contributed by atoms with E-state index in [2.05, 4.69) is 95.2 Å². The van der Waals surface area contributed by atoms with Crippen molar-refractivity contribution in [3.63, 3.8) is 0 Å². The highest BCUT2D eigenvalue weighted by Gasteiger charge is 2.39. The van der Waals surface area contributed by atoms with Crippen molar-refractivity contribution in [2.75, 3.05) is 7.11 Å². The Morgan fingerprint density at radius 3 is 2.29 bits per heavy atom. The molecule has 2 aliphatic rings. The SMILES string of the molecule is COc1cccc(C(=C2CC3CCC(C2)N3Cc2ccccc2)c2ccc(-c3cccs3)cc2)c1. The van der Waals surface area contributed by atoms with E-state index in [1.807, 2.05) is 6.07 Å². The topological polar surface area (TPSA) is 12.5 Å². The Hall–Kier alpha value is -3.14. The minimum Gasteiger partial charge on any atom is -0.497 e. The highest BCUT2D eigenvalue weighted by Crippen LogP contribution is 2.44. The smallest absolute Gasteiger partial charge is 0.119 e. The summed E-state index contributed by atoms with van der Waals surface area (Å²) in [5.74, 6) is 0.917. The standard InChI is InChI=1S/C32H31NOS/c1-34-30-10-5-9-26(21-30)32(25-14-12-24(13-15-25)31-11-6-18-35-31)27-19-28-16-17-29(20-27)33(28)22-23-7-3-2-4-8-23/h2-15,18,21,28-29H,16-17,19-20,22H2,1H3. The minimum absolute atomic E-state index is 0.620. The normalized spacial score (nSPS) is 19.6. The lowest BCUT2D eigenvalue weighted by Crippen LogP contribution is -2.40. The Morgan fingerprint density at radius 2 is 1.60 bits per heavy atom. The van der Waals surface area contributed by atoms with Crippen LogP contribution < -0.4 is 4.74 Å². The second-order valence-electron chi connectivity index (χ2n) is 9.72. The van der Waals surface area contributed by atoms with Gasteiger partial charge in [-0.1, -0.05) is 78.4 Å². The van der Waals surface area contributed by atoms with E-state index < -0.39 is 0 Å². The summed E-state index contributed by atoms with van der Waals surface area (Å²) in [6.07, 6.45) is 4.87. The number of fused-ring (bicyclic) bond motifs is 2. The molecule has 2 nitrogen and oxygen atoms in total. The molecule has 0 saturated carbocycles. The molecule has 0 amide bonds. The molecule has 0 N–H and O–H groups in total. The molecule has 0 radical (unpaired) electrons. The predicted octanol–water partition coefficient (Wildman–Crippen LogP) is 8.05. The summed E-state index contributed by atoms with van der Waals surface area (Å²) in [5.41, 5.74) is 8.28. The summed E-state index contributed by atoms with van der Waals surface area (Å²) in [6, 6.07) is 34.3. The Labute approximate surface area is 212 Å². The van der Waals surface area contributed by atoms with Crippen LogP contribution in [-0.2, 0) is 6.54 Å². The van der Waals surface area contributed by atoms with Crippen molar-refractivity contribution in [2.45, 2.75) is 44.3 Å². The third-order valence-corrected chi connectivity index (χ3v) is 8.55. The average Bonchev–Trinajstić information content (AvgIpc) is 3.52. The quantitative estimate of drug-likeness (QED) is 0.278. The molecule has 35 heavy (non-hydrogen) atoms. The van der Waals surface area contributed by atoms with Crippen LogP contribution in [0.5, 0.6) is 5.75 Å². The number of benzene rings is 3. The molecule has 2 bridgehead atoms. The average molecular weight is 478 g/mol. The van der Waals surface area contributed by atoms with Gasteiger partial charge in [0, 0.05) is 23.5 Å². The zero-order chi connectivity index (χ0) is 23.6. The lowest BCUT2D eigenvalue weighted by molar-refractivity contribution is 0.158. The van der Waals surface area contributed by atoms with Gasteiger partial charge in [0.2, 0.25) is 0 Å². The first-order valence-corrected chi connectivity index (χ1v) is 13.5. The third-order valence-electron chi connectivity index (χ3n) is 7.63. The first kappa shape index (κ1) is 22.3. The number of hydrogen-bond acceptors (Lipinski definition) is 3. The van der Waals surface area contributed by atoms with Crippen LogP contribution in [0, 0.1) is 0 Å². The number of thiophene rings is 1. The van der Waals surface area contributed by atoms with Crippen LogP contribution in [0.1, 0.15) is 42.4 Å². The fourth-order valence-corrected chi connectivity index (χ4v) is 6.69. The summed E-state index contributed by atoms with van der Waals surface area (Å²) in [7, 11) is 1.75. The predicted molar refractivity (Wildman–Crippen MR) is 147 cm³/mol. The van der Waals surface area contributed by atoms with Crippen molar-refractivity contribution in [1.29, 1.82) is 0 Å². The van der Waals surface area contributed by atoms with Crippen molar-refractivity contribution < 1.29 is 4.74 Å². The van der Waals surface area contributed by atoms with E-state index in [0.717, 1.165) is 25.1 Å². The number of hydrogen-bond donors (Lipinski definition) is 0. The summed E-state index contributed by atoms with van der Waals surface area (Å²) >= 11 is 1.80. The third kappa shape index (κ3) is 4.59. The van der Waals surface area contributed by atoms with Gasteiger partial charge in [-0.25, -0.2) is 0 Å². The molecule has 6 rings (SSSR count). The Bertz CT molecular complexity index is 1290. The molecule has 0 aliphatic carbocycles. The molecule has 4 aromatic rings. The van der Waals surface area contributed by atoms with Gasteiger partial charge in [0.1, 0.15) is 5.75 Å². The van der Waals surface area contributed by atoms with E-state index >= 15 is 0 Å². The highest BCUT2D eigenvalue weighted by molar-refractivity contribution is 7.13. The molecule has 3 aromatic carbocycles. The molecule has 0 spiro atoms. The van der Waals surface area contributed by atoms with Gasteiger partial charge in [0.15, 0.2) is 0 Å². The second-order valence-corrected chi connectivity index (χ2v) is 10.7. The molecule has 2 fully saturated rings. The van der Waals surface area contributed by atoms with Gasteiger partial charge in [-0.15, -0.1) is 11.3 Å². The molecule has 176 valence electrons.